The number of amides is 1. The summed E-state index contributed by atoms with van der Waals surface area (Å²) in [6.07, 6.45) is 0.366. The van der Waals surface area contributed by atoms with Gasteiger partial charge in [-0.1, -0.05) is 31.3 Å². The number of nitrogens with two attached hydrogens (primary N) is 1. The fourth-order valence-corrected chi connectivity index (χ4v) is 3.60. The molecule has 1 aromatic heterocycles. The second-order valence-corrected chi connectivity index (χ2v) is 7.25. The summed E-state index contributed by atoms with van der Waals surface area (Å²) in [6, 6.07) is 5.79. The highest BCUT2D eigenvalue weighted by molar-refractivity contribution is 7.16. The summed E-state index contributed by atoms with van der Waals surface area (Å²) in [4.78, 5) is 17.2. The van der Waals surface area contributed by atoms with Crippen LogP contribution in [0.2, 0.25) is 0 Å². The van der Waals surface area contributed by atoms with E-state index in [1.807, 2.05) is 18.2 Å². The van der Waals surface area contributed by atoms with Crippen molar-refractivity contribution in [1.29, 1.82) is 0 Å². The third-order valence-electron chi connectivity index (χ3n) is 3.80. The van der Waals surface area contributed by atoms with Crippen molar-refractivity contribution in [3.05, 3.63) is 28.6 Å². The smallest absolute Gasteiger partial charge is 0.226 e. The number of rotatable bonds is 5. The SMILES string of the molecule is COc1ccc(C2CC(=O)Nc3nc(N)sc32)cc1OCC(C)C. The standard InChI is InChI=1S/C17H21N3O3S/c1-9(2)8-23-13-6-10(4-5-12(13)22-3)11-7-14(21)19-16-15(11)24-17(18)20-16/h4-6,9,11H,7-8H2,1-3H3,(H2,18,20)(H,19,21). The van der Waals surface area contributed by atoms with E-state index < -0.39 is 0 Å². The van der Waals surface area contributed by atoms with Gasteiger partial charge in [-0.15, -0.1) is 0 Å². The van der Waals surface area contributed by atoms with Crippen molar-refractivity contribution in [2.45, 2.75) is 26.2 Å². The van der Waals surface area contributed by atoms with Gasteiger partial charge in [-0.05, 0) is 23.6 Å². The lowest BCUT2D eigenvalue weighted by molar-refractivity contribution is -0.116. The highest BCUT2D eigenvalue weighted by Gasteiger charge is 2.30. The minimum atomic E-state index is -0.0733. The lowest BCUT2D eigenvalue weighted by atomic mass is 9.91. The van der Waals surface area contributed by atoms with Crippen LogP contribution in [0.15, 0.2) is 18.2 Å². The first-order chi connectivity index (χ1) is 11.5. The van der Waals surface area contributed by atoms with E-state index in [0.29, 0.717) is 41.4 Å². The zero-order valence-electron chi connectivity index (χ0n) is 14.0. The van der Waals surface area contributed by atoms with Gasteiger partial charge in [-0.3, -0.25) is 4.79 Å². The number of carbonyl (C=O) groups excluding carboxylic acids is 1. The Kier molecular flexibility index (Phi) is 4.62. The van der Waals surface area contributed by atoms with Crippen molar-refractivity contribution in [2.75, 3.05) is 24.8 Å². The van der Waals surface area contributed by atoms with E-state index in [0.717, 1.165) is 10.4 Å². The van der Waals surface area contributed by atoms with Gasteiger partial charge in [0.15, 0.2) is 16.6 Å². The number of fused-ring (bicyclic) bond motifs is 1. The van der Waals surface area contributed by atoms with Gasteiger partial charge in [-0.2, -0.15) is 0 Å². The number of aromatic nitrogens is 1. The molecule has 0 saturated carbocycles. The summed E-state index contributed by atoms with van der Waals surface area (Å²) in [6.45, 7) is 4.78. The Bertz CT molecular complexity index is 758. The minimum absolute atomic E-state index is 0.0572. The van der Waals surface area contributed by atoms with Gasteiger partial charge in [0.05, 0.1) is 18.6 Å². The fraction of sp³-hybridized carbons (Fsp3) is 0.412. The first-order valence-corrected chi connectivity index (χ1v) is 8.66. The van der Waals surface area contributed by atoms with Crippen molar-refractivity contribution >= 4 is 28.2 Å². The quantitative estimate of drug-likeness (QED) is 0.867. The molecule has 0 radical (unpaired) electrons. The molecule has 1 aliphatic heterocycles. The highest BCUT2D eigenvalue weighted by Crippen LogP contribution is 2.43. The predicted octanol–water partition coefficient (Wildman–Crippen LogP) is 3.24. The van der Waals surface area contributed by atoms with Crippen LogP contribution in [0.1, 0.15) is 36.6 Å². The van der Waals surface area contributed by atoms with Gasteiger partial charge >= 0.3 is 0 Å². The molecular formula is C17H21N3O3S. The molecule has 7 heteroatoms. The Labute approximate surface area is 145 Å². The third-order valence-corrected chi connectivity index (χ3v) is 4.79. The number of hydrogen-bond donors (Lipinski definition) is 2. The number of nitrogens with one attached hydrogen (secondary N) is 1. The summed E-state index contributed by atoms with van der Waals surface area (Å²) in [5, 5.41) is 3.24. The van der Waals surface area contributed by atoms with Gasteiger partial charge in [0.1, 0.15) is 5.82 Å². The average molecular weight is 347 g/mol. The van der Waals surface area contributed by atoms with E-state index in [9.17, 15) is 4.79 Å². The molecule has 1 atom stereocenters. The van der Waals surface area contributed by atoms with Crippen LogP contribution in [0.4, 0.5) is 10.9 Å². The molecular weight excluding hydrogens is 326 g/mol. The van der Waals surface area contributed by atoms with Crippen LogP contribution in [0.5, 0.6) is 11.5 Å². The molecule has 128 valence electrons. The highest BCUT2D eigenvalue weighted by atomic mass is 32.1. The van der Waals surface area contributed by atoms with Crippen molar-refractivity contribution in [2.24, 2.45) is 5.92 Å². The van der Waals surface area contributed by atoms with Gasteiger partial charge in [0, 0.05) is 12.3 Å². The molecule has 3 N–H and O–H groups in total. The number of carbonyl (C=O) groups is 1. The lowest BCUT2D eigenvalue weighted by Gasteiger charge is -2.23. The Morgan fingerprint density at radius 3 is 2.92 bits per heavy atom. The molecule has 1 aliphatic rings. The van der Waals surface area contributed by atoms with Crippen LogP contribution in [0.25, 0.3) is 0 Å². The molecule has 0 spiro atoms. The van der Waals surface area contributed by atoms with E-state index in [2.05, 4.69) is 24.1 Å². The Morgan fingerprint density at radius 1 is 1.42 bits per heavy atom. The Hall–Kier alpha value is -2.28. The maximum Gasteiger partial charge on any atom is 0.226 e. The minimum Gasteiger partial charge on any atom is -0.493 e. The van der Waals surface area contributed by atoms with Crippen LogP contribution in [-0.2, 0) is 4.79 Å². The van der Waals surface area contributed by atoms with Gasteiger partial charge in [-0.25, -0.2) is 4.98 Å². The van der Waals surface area contributed by atoms with Crippen molar-refractivity contribution in [1.82, 2.24) is 4.98 Å². The summed E-state index contributed by atoms with van der Waals surface area (Å²) in [5.74, 6) is 2.22. The normalized spacial score (nSPS) is 16.7. The van der Waals surface area contributed by atoms with Crippen LogP contribution in [0, 0.1) is 5.92 Å². The van der Waals surface area contributed by atoms with Crippen LogP contribution in [-0.4, -0.2) is 24.6 Å². The first kappa shape index (κ1) is 16.6. The van der Waals surface area contributed by atoms with E-state index in [4.69, 9.17) is 15.2 Å². The van der Waals surface area contributed by atoms with E-state index in [1.165, 1.54) is 11.3 Å². The second-order valence-electron chi connectivity index (χ2n) is 6.18. The molecule has 1 unspecified atom stereocenters. The van der Waals surface area contributed by atoms with Crippen molar-refractivity contribution < 1.29 is 14.3 Å². The molecule has 3 rings (SSSR count). The number of thiazole rings is 1. The zero-order valence-corrected chi connectivity index (χ0v) is 14.8. The topological polar surface area (TPSA) is 86.5 Å². The summed E-state index contributed by atoms with van der Waals surface area (Å²) >= 11 is 1.41. The molecule has 0 fully saturated rings. The first-order valence-electron chi connectivity index (χ1n) is 7.84. The third kappa shape index (κ3) is 3.31. The summed E-state index contributed by atoms with van der Waals surface area (Å²) in [7, 11) is 1.62. The molecule has 6 nitrogen and oxygen atoms in total. The zero-order chi connectivity index (χ0) is 17.3. The summed E-state index contributed by atoms with van der Waals surface area (Å²) < 4.78 is 11.3. The van der Waals surface area contributed by atoms with Crippen LogP contribution < -0.4 is 20.5 Å². The van der Waals surface area contributed by atoms with E-state index in [1.54, 1.807) is 7.11 Å². The number of nitrogens with zero attached hydrogens (tertiary/aromatic N) is 1. The van der Waals surface area contributed by atoms with Gasteiger partial charge in [0.2, 0.25) is 5.91 Å². The van der Waals surface area contributed by atoms with Crippen molar-refractivity contribution in [3.63, 3.8) is 0 Å². The Morgan fingerprint density at radius 2 is 2.21 bits per heavy atom. The molecule has 2 aromatic rings. The number of methoxy groups -OCH3 is 1. The predicted molar refractivity (Wildman–Crippen MR) is 94.9 cm³/mol. The number of anilines is 2. The average Bonchev–Trinajstić information content (AvgIpc) is 2.91. The lowest BCUT2D eigenvalue weighted by Crippen LogP contribution is -2.22. The number of ether oxygens (including phenoxy) is 2. The Balaban J connectivity index is 1.97. The molecule has 1 aromatic carbocycles. The van der Waals surface area contributed by atoms with Gasteiger partial charge < -0.3 is 20.5 Å². The molecule has 0 saturated heterocycles. The monoisotopic (exact) mass is 347 g/mol. The maximum atomic E-state index is 12.0. The molecule has 1 amide bonds. The largest absolute Gasteiger partial charge is 0.493 e. The van der Waals surface area contributed by atoms with E-state index >= 15 is 0 Å². The number of hydrogen-bond acceptors (Lipinski definition) is 6. The molecule has 0 bridgehead atoms. The van der Waals surface area contributed by atoms with Crippen molar-refractivity contribution in [3.8, 4) is 11.5 Å². The number of benzene rings is 1. The van der Waals surface area contributed by atoms with Crippen LogP contribution in [0.3, 0.4) is 0 Å². The van der Waals surface area contributed by atoms with Gasteiger partial charge in [0.25, 0.3) is 0 Å². The molecule has 2 heterocycles. The second kappa shape index (κ2) is 6.68. The van der Waals surface area contributed by atoms with Crippen LogP contribution >= 0.6 is 11.3 Å². The fourth-order valence-electron chi connectivity index (χ4n) is 2.68. The molecule has 24 heavy (non-hydrogen) atoms. The van der Waals surface area contributed by atoms with E-state index in [-0.39, 0.29) is 11.8 Å². The summed E-state index contributed by atoms with van der Waals surface area (Å²) in [5.41, 5.74) is 6.81. The number of nitrogen functional groups attached to an aromatic ring is 1. The molecule has 0 aliphatic carbocycles. The maximum absolute atomic E-state index is 12.0.